The molecule has 156 valence electrons. The summed E-state index contributed by atoms with van der Waals surface area (Å²) < 4.78 is 4.95. The highest BCUT2D eigenvalue weighted by atomic mass is 16.5. The van der Waals surface area contributed by atoms with Gasteiger partial charge in [-0.1, -0.05) is 18.2 Å². The number of aromatic nitrogens is 2. The monoisotopic (exact) mass is 406 g/mol. The Bertz CT molecular complexity index is 1070. The molecule has 3 aromatic rings. The van der Waals surface area contributed by atoms with Gasteiger partial charge in [0.1, 0.15) is 11.6 Å². The second kappa shape index (κ2) is 8.57. The van der Waals surface area contributed by atoms with E-state index in [4.69, 9.17) is 14.7 Å². The number of para-hydroxylation sites is 1. The molecule has 1 amide bonds. The Labute approximate surface area is 175 Å². The summed E-state index contributed by atoms with van der Waals surface area (Å²) in [5, 5.41) is 14.1. The summed E-state index contributed by atoms with van der Waals surface area (Å²) in [6, 6.07) is 13.3. The maximum absolute atomic E-state index is 11.6. The van der Waals surface area contributed by atoms with E-state index in [1.54, 1.807) is 19.1 Å². The Balaban J connectivity index is 1.65. The van der Waals surface area contributed by atoms with E-state index in [-0.39, 0.29) is 11.8 Å². The van der Waals surface area contributed by atoms with Gasteiger partial charge in [0, 0.05) is 25.0 Å². The van der Waals surface area contributed by atoms with Crippen LogP contribution in [0.1, 0.15) is 18.9 Å². The molecule has 30 heavy (non-hydrogen) atoms. The van der Waals surface area contributed by atoms with Crippen LogP contribution in [0.5, 0.6) is 5.75 Å². The molecule has 7 nitrogen and oxygen atoms in total. The molecule has 0 bridgehead atoms. The zero-order valence-electron chi connectivity index (χ0n) is 17.3. The molecule has 1 aromatic heterocycles. The van der Waals surface area contributed by atoms with Crippen LogP contribution in [0.25, 0.3) is 22.3 Å². The fraction of sp³-hybridized carbons (Fsp3) is 0.348. The maximum Gasteiger partial charge on any atom is 0.407 e. The number of carbonyl (C=O) groups excluding carboxylic acids is 1. The number of anilines is 1. The Morgan fingerprint density at radius 2 is 2.10 bits per heavy atom. The van der Waals surface area contributed by atoms with Gasteiger partial charge in [-0.25, -0.2) is 14.8 Å². The van der Waals surface area contributed by atoms with Gasteiger partial charge in [0.15, 0.2) is 5.82 Å². The van der Waals surface area contributed by atoms with Crippen LogP contribution in [0.15, 0.2) is 42.5 Å². The molecule has 7 heteroatoms. The number of carbonyl (C=O) groups is 1. The molecule has 1 saturated heterocycles. The van der Waals surface area contributed by atoms with Crippen molar-refractivity contribution in [2.45, 2.75) is 20.3 Å². The fourth-order valence-corrected chi connectivity index (χ4v) is 3.85. The van der Waals surface area contributed by atoms with Gasteiger partial charge in [-0.05, 0) is 56.0 Å². The molecule has 0 aliphatic carbocycles. The minimum Gasteiger partial charge on any atom is -0.507 e. The normalized spacial score (nSPS) is 16.1. The predicted molar refractivity (Wildman–Crippen MR) is 117 cm³/mol. The molecule has 0 spiro atoms. The number of nitrogens with one attached hydrogen (secondary N) is 1. The number of fused-ring (bicyclic) bond motifs is 1. The van der Waals surface area contributed by atoms with Gasteiger partial charge >= 0.3 is 6.09 Å². The van der Waals surface area contributed by atoms with Crippen molar-refractivity contribution < 1.29 is 14.6 Å². The first kappa shape index (κ1) is 19.9. The molecule has 1 aliphatic rings. The molecular weight excluding hydrogens is 380 g/mol. The second-order valence-electron chi connectivity index (χ2n) is 7.61. The first-order valence-corrected chi connectivity index (χ1v) is 10.3. The van der Waals surface area contributed by atoms with Crippen LogP contribution < -0.4 is 10.2 Å². The average molecular weight is 406 g/mol. The summed E-state index contributed by atoms with van der Waals surface area (Å²) in [5.74, 6) is 1.85. The number of amides is 1. The third-order valence-electron chi connectivity index (χ3n) is 5.37. The third kappa shape index (κ3) is 4.15. The Kier molecular flexibility index (Phi) is 5.70. The van der Waals surface area contributed by atoms with Crippen LogP contribution in [0, 0.1) is 12.8 Å². The van der Waals surface area contributed by atoms with Gasteiger partial charge in [0.05, 0.1) is 17.7 Å². The Hall–Kier alpha value is -3.35. The van der Waals surface area contributed by atoms with Crippen LogP contribution in [0.3, 0.4) is 0 Å². The zero-order chi connectivity index (χ0) is 21.1. The molecule has 1 fully saturated rings. The SMILES string of the molecule is CCOC(=O)NCC1CCN(c2nc(-c3ccccc3O)nc3cc(C)ccc23)C1. The number of ether oxygens (including phenoxy) is 1. The molecule has 4 rings (SSSR count). The van der Waals surface area contributed by atoms with Crippen LogP contribution in [0.4, 0.5) is 10.6 Å². The number of aromatic hydroxyl groups is 1. The number of rotatable bonds is 5. The van der Waals surface area contributed by atoms with E-state index in [9.17, 15) is 9.90 Å². The third-order valence-corrected chi connectivity index (χ3v) is 5.37. The number of nitrogens with zero attached hydrogens (tertiary/aromatic N) is 3. The van der Waals surface area contributed by atoms with E-state index in [0.717, 1.165) is 41.8 Å². The smallest absolute Gasteiger partial charge is 0.407 e. The lowest BCUT2D eigenvalue weighted by Crippen LogP contribution is -2.31. The number of aryl methyl sites for hydroxylation is 1. The van der Waals surface area contributed by atoms with E-state index in [0.29, 0.717) is 30.5 Å². The number of hydrogen-bond acceptors (Lipinski definition) is 6. The summed E-state index contributed by atoms with van der Waals surface area (Å²) in [5.41, 5.74) is 2.58. The highest BCUT2D eigenvalue weighted by Gasteiger charge is 2.26. The van der Waals surface area contributed by atoms with Crippen molar-refractivity contribution >= 4 is 22.8 Å². The first-order chi connectivity index (χ1) is 14.5. The van der Waals surface area contributed by atoms with E-state index < -0.39 is 0 Å². The van der Waals surface area contributed by atoms with Crippen LogP contribution >= 0.6 is 0 Å². The summed E-state index contributed by atoms with van der Waals surface area (Å²) in [4.78, 5) is 23.4. The Morgan fingerprint density at radius 1 is 1.27 bits per heavy atom. The first-order valence-electron chi connectivity index (χ1n) is 10.3. The topological polar surface area (TPSA) is 87.6 Å². The summed E-state index contributed by atoms with van der Waals surface area (Å²) in [6.45, 7) is 6.39. The lowest BCUT2D eigenvalue weighted by Gasteiger charge is -2.21. The average Bonchev–Trinajstić information content (AvgIpc) is 3.21. The number of alkyl carbamates (subject to hydrolysis) is 1. The maximum atomic E-state index is 11.6. The van der Waals surface area contributed by atoms with Crippen molar-refractivity contribution in [1.82, 2.24) is 15.3 Å². The fourth-order valence-electron chi connectivity index (χ4n) is 3.85. The van der Waals surface area contributed by atoms with E-state index in [2.05, 4.69) is 22.3 Å². The molecule has 2 N–H and O–H groups in total. The predicted octanol–water partition coefficient (Wildman–Crippen LogP) is 3.88. The number of phenols is 1. The molecule has 0 radical (unpaired) electrons. The highest BCUT2D eigenvalue weighted by Crippen LogP contribution is 2.33. The zero-order valence-corrected chi connectivity index (χ0v) is 17.3. The quantitative estimate of drug-likeness (QED) is 0.669. The minimum absolute atomic E-state index is 0.161. The van der Waals surface area contributed by atoms with E-state index >= 15 is 0 Å². The van der Waals surface area contributed by atoms with Gasteiger partial charge in [0.25, 0.3) is 0 Å². The summed E-state index contributed by atoms with van der Waals surface area (Å²) in [7, 11) is 0. The molecule has 1 atom stereocenters. The molecule has 1 aliphatic heterocycles. The number of benzene rings is 2. The van der Waals surface area contributed by atoms with Gasteiger partial charge in [-0.15, -0.1) is 0 Å². The highest BCUT2D eigenvalue weighted by molar-refractivity contribution is 5.92. The number of phenolic OH excluding ortho intramolecular Hbond substituents is 1. The standard InChI is InChI=1S/C23H26N4O3/c1-3-30-23(29)24-13-16-10-11-27(14-16)22-17-9-8-15(2)12-19(17)25-21(26-22)18-6-4-5-7-20(18)28/h4-9,12,16,28H,3,10-11,13-14H2,1-2H3,(H,24,29). The van der Waals surface area contributed by atoms with Crippen LogP contribution in [0.2, 0.25) is 0 Å². The van der Waals surface area contributed by atoms with Crippen molar-refractivity contribution in [2.24, 2.45) is 5.92 Å². The molecule has 2 aromatic carbocycles. The van der Waals surface area contributed by atoms with Crippen LogP contribution in [-0.4, -0.2) is 47.4 Å². The lowest BCUT2D eigenvalue weighted by atomic mass is 10.1. The summed E-state index contributed by atoms with van der Waals surface area (Å²) in [6.07, 6.45) is 0.580. The van der Waals surface area contributed by atoms with Crippen molar-refractivity contribution in [3.8, 4) is 17.1 Å². The van der Waals surface area contributed by atoms with E-state index in [1.807, 2.05) is 25.1 Å². The lowest BCUT2D eigenvalue weighted by molar-refractivity contribution is 0.151. The minimum atomic E-state index is -0.374. The second-order valence-corrected chi connectivity index (χ2v) is 7.61. The Morgan fingerprint density at radius 3 is 2.90 bits per heavy atom. The number of hydrogen-bond donors (Lipinski definition) is 2. The molecule has 2 heterocycles. The van der Waals surface area contributed by atoms with Crippen LogP contribution in [-0.2, 0) is 4.74 Å². The van der Waals surface area contributed by atoms with Gasteiger partial charge < -0.3 is 20.1 Å². The van der Waals surface area contributed by atoms with Crippen molar-refractivity contribution in [3.05, 3.63) is 48.0 Å². The van der Waals surface area contributed by atoms with Gasteiger partial charge in [0.2, 0.25) is 0 Å². The largest absolute Gasteiger partial charge is 0.507 e. The van der Waals surface area contributed by atoms with Gasteiger partial charge in [-0.2, -0.15) is 0 Å². The van der Waals surface area contributed by atoms with Crippen molar-refractivity contribution in [3.63, 3.8) is 0 Å². The summed E-state index contributed by atoms with van der Waals surface area (Å²) >= 11 is 0. The van der Waals surface area contributed by atoms with Crippen molar-refractivity contribution in [1.29, 1.82) is 0 Å². The van der Waals surface area contributed by atoms with E-state index in [1.165, 1.54) is 0 Å². The van der Waals surface area contributed by atoms with Crippen molar-refractivity contribution in [2.75, 3.05) is 31.1 Å². The molecule has 1 unspecified atom stereocenters. The van der Waals surface area contributed by atoms with Gasteiger partial charge in [-0.3, -0.25) is 0 Å². The molecular formula is C23H26N4O3. The molecule has 0 saturated carbocycles.